The van der Waals surface area contributed by atoms with Crippen LogP contribution in [0.4, 0.5) is 0 Å². The van der Waals surface area contributed by atoms with Gasteiger partial charge in [-0.2, -0.15) is 0 Å². The molecule has 0 bridgehead atoms. The third-order valence-electron chi connectivity index (χ3n) is 3.83. The molecule has 1 heterocycles. The number of hydrogen-bond acceptors (Lipinski definition) is 2. The number of nitrogens with zero attached hydrogens (tertiary/aromatic N) is 1. The Balaban J connectivity index is 2.74. The summed E-state index contributed by atoms with van der Waals surface area (Å²) in [5.74, 6) is 1.51. The third-order valence-corrected chi connectivity index (χ3v) is 3.83. The minimum absolute atomic E-state index is 0.0345. The van der Waals surface area contributed by atoms with Crippen molar-refractivity contribution < 1.29 is 9.59 Å². The van der Waals surface area contributed by atoms with E-state index in [1.165, 1.54) is 0 Å². The van der Waals surface area contributed by atoms with Crippen molar-refractivity contribution in [3.63, 3.8) is 0 Å². The van der Waals surface area contributed by atoms with Crippen LogP contribution in [0.2, 0.25) is 0 Å². The van der Waals surface area contributed by atoms with E-state index in [2.05, 4.69) is 33.0 Å². The van der Waals surface area contributed by atoms with Gasteiger partial charge >= 0.3 is 0 Å². The minimum atomic E-state index is -0.328. The fraction of sp³-hybridized carbons (Fsp3) is 0.857. The van der Waals surface area contributed by atoms with Crippen LogP contribution in [0.1, 0.15) is 41.0 Å². The SMILES string of the molecule is CCC1NC(=O)CN(CC(C(C)C)C(C)C)C1=O. The Labute approximate surface area is 110 Å². The lowest BCUT2D eigenvalue weighted by Crippen LogP contribution is -2.59. The maximum Gasteiger partial charge on any atom is 0.245 e. The molecule has 0 aromatic carbocycles. The first-order chi connectivity index (χ1) is 8.36. The molecule has 104 valence electrons. The van der Waals surface area contributed by atoms with E-state index in [-0.39, 0.29) is 24.4 Å². The van der Waals surface area contributed by atoms with Crippen LogP contribution >= 0.6 is 0 Å². The molecule has 1 aliphatic rings. The average Bonchev–Trinajstić information content (AvgIpc) is 2.28. The monoisotopic (exact) mass is 254 g/mol. The molecule has 1 aliphatic heterocycles. The number of hydrogen-bond donors (Lipinski definition) is 1. The first-order valence-electron chi connectivity index (χ1n) is 6.94. The molecule has 0 radical (unpaired) electrons. The molecule has 0 saturated carbocycles. The number of carbonyl (C=O) groups excluding carboxylic acids is 2. The molecule has 1 atom stereocenters. The second kappa shape index (κ2) is 6.21. The second-order valence-electron chi connectivity index (χ2n) is 5.90. The van der Waals surface area contributed by atoms with Crippen LogP contribution in [-0.2, 0) is 9.59 Å². The molecular weight excluding hydrogens is 228 g/mol. The molecule has 1 saturated heterocycles. The van der Waals surface area contributed by atoms with Crippen molar-refractivity contribution in [2.45, 2.75) is 47.1 Å². The zero-order valence-electron chi connectivity index (χ0n) is 12.2. The summed E-state index contributed by atoms with van der Waals surface area (Å²) in [4.78, 5) is 25.5. The Bertz CT molecular complexity index is 305. The van der Waals surface area contributed by atoms with Crippen LogP contribution in [0.3, 0.4) is 0 Å². The van der Waals surface area contributed by atoms with Gasteiger partial charge in [0.25, 0.3) is 0 Å². The Morgan fingerprint density at radius 1 is 1.22 bits per heavy atom. The quantitative estimate of drug-likeness (QED) is 0.811. The summed E-state index contributed by atoms with van der Waals surface area (Å²) in [6.45, 7) is 11.5. The Kier molecular flexibility index (Phi) is 5.17. The van der Waals surface area contributed by atoms with Crippen molar-refractivity contribution in [3.05, 3.63) is 0 Å². The van der Waals surface area contributed by atoms with E-state index in [1.807, 2.05) is 6.92 Å². The summed E-state index contributed by atoms with van der Waals surface area (Å²) in [5, 5.41) is 2.75. The largest absolute Gasteiger partial charge is 0.343 e. The van der Waals surface area contributed by atoms with Crippen molar-refractivity contribution in [2.75, 3.05) is 13.1 Å². The van der Waals surface area contributed by atoms with Crippen LogP contribution in [0.25, 0.3) is 0 Å². The molecule has 4 nitrogen and oxygen atoms in total. The van der Waals surface area contributed by atoms with Crippen LogP contribution < -0.4 is 5.32 Å². The van der Waals surface area contributed by atoms with E-state index in [9.17, 15) is 9.59 Å². The number of piperazine rings is 1. The summed E-state index contributed by atoms with van der Waals surface area (Å²) in [6.07, 6.45) is 0.662. The van der Waals surface area contributed by atoms with Crippen LogP contribution in [0.15, 0.2) is 0 Å². The maximum absolute atomic E-state index is 12.2. The Morgan fingerprint density at radius 2 is 1.78 bits per heavy atom. The average molecular weight is 254 g/mol. The summed E-state index contributed by atoms with van der Waals surface area (Å²) in [6, 6.07) is -0.328. The highest BCUT2D eigenvalue weighted by molar-refractivity contribution is 5.94. The normalized spacial score (nSPS) is 21.1. The predicted molar refractivity (Wildman–Crippen MR) is 72.0 cm³/mol. The van der Waals surface area contributed by atoms with E-state index in [1.54, 1.807) is 4.90 Å². The number of nitrogens with one attached hydrogen (secondary N) is 1. The minimum Gasteiger partial charge on any atom is -0.343 e. The van der Waals surface area contributed by atoms with Gasteiger partial charge in [-0.3, -0.25) is 9.59 Å². The molecule has 1 N–H and O–H groups in total. The van der Waals surface area contributed by atoms with Gasteiger partial charge in [0.05, 0.1) is 6.54 Å². The fourth-order valence-electron chi connectivity index (χ4n) is 2.65. The van der Waals surface area contributed by atoms with E-state index in [4.69, 9.17) is 0 Å². The fourth-order valence-corrected chi connectivity index (χ4v) is 2.65. The van der Waals surface area contributed by atoms with Crippen LogP contribution in [0.5, 0.6) is 0 Å². The van der Waals surface area contributed by atoms with Gasteiger partial charge < -0.3 is 10.2 Å². The van der Waals surface area contributed by atoms with Gasteiger partial charge in [0, 0.05) is 6.54 Å². The van der Waals surface area contributed by atoms with Crippen molar-refractivity contribution in [3.8, 4) is 0 Å². The van der Waals surface area contributed by atoms with E-state index in [0.29, 0.717) is 30.7 Å². The van der Waals surface area contributed by atoms with Gasteiger partial charge in [0.15, 0.2) is 0 Å². The highest BCUT2D eigenvalue weighted by atomic mass is 16.2. The van der Waals surface area contributed by atoms with Crippen LogP contribution in [0, 0.1) is 17.8 Å². The van der Waals surface area contributed by atoms with Crippen molar-refractivity contribution in [2.24, 2.45) is 17.8 Å². The highest BCUT2D eigenvalue weighted by Crippen LogP contribution is 2.22. The van der Waals surface area contributed by atoms with Crippen molar-refractivity contribution >= 4 is 11.8 Å². The molecule has 0 aliphatic carbocycles. The molecule has 1 rings (SSSR count). The number of rotatable bonds is 5. The molecule has 1 unspecified atom stereocenters. The van der Waals surface area contributed by atoms with E-state index >= 15 is 0 Å². The Morgan fingerprint density at radius 3 is 2.22 bits per heavy atom. The lowest BCUT2D eigenvalue weighted by atomic mass is 9.85. The molecule has 0 spiro atoms. The summed E-state index contributed by atoms with van der Waals surface area (Å²) >= 11 is 0. The summed E-state index contributed by atoms with van der Waals surface area (Å²) in [7, 11) is 0. The highest BCUT2D eigenvalue weighted by Gasteiger charge is 2.33. The van der Waals surface area contributed by atoms with Crippen molar-refractivity contribution in [1.29, 1.82) is 0 Å². The van der Waals surface area contributed by atoms with Crippen molar-refractivity contribution in [1.82, 2.24) is 10.2 Å². The first-order valence-corrected chi connectivity index (χ1v) is 6.94. The molecule has 2 amide bonds. The van der Waals surface area contributed by atoms with Gasteiger partial charge in [-0.05, 0) is 24.2 Å². The smallest absolute Gasteiger partial charge is 0.245 e. The van der Waals surface area contributed by atoms with Gasteiger partial charge in [-0.15, -0.1) is 0 Å². The topological polar surface area (TPSA) is 49.4 Å². The lowest BCUT2D eigenvalue weighted by molar-refractivity contribution is -0.145. The third kappa shape index (κ3) is 3.47. The van der Waals surface area contributed by atoms with Crippen LogP contribution in [-0.4, -0.2) is 35.8 Å². The predicted octanol–water partition coefficient (Wildman–Crippen LogP) is 1.65. The lowest BCUT2D eigenvalue weighted by Gasteiger charge is -2.36. The molecule has 0 aromatic heterocycles. The number of carbonyl (C=O) groups is 2. The zero-order valence-corrected chi connectivity index (χ0v) is 12.2. The Hall–Kier alpha value is -1.06. The van der Waals surface area contributed by atoms with Gasteiger partial charge in [0.1, 0.15) is 6.04 Å². The number of amides is 2. The van der Waals surface area contributed by atoms with E-state index in [0.717, 1.165) is 0 Å². The molecule has 18 heavy (non-hydrogen) atoms. The second-order valence-corrected chi connectivity index (χ2v) is 5.90. The molecule has 4 heteroatoms. The molecule has 1 fully saturated rings. The molecular formula is C14H26N2O2. The van der Waals surface area contributed by atoms with E-state index < -0.39 is 0 Å². The summed E-state index contributed by atoms with van der Waals surface area (Å²) in [5.41, 5.74) is 0. The summed E-state index contributed by atoms with van der Waals surface area (Å²) < 4.78 is 0. The standard InChI is InChI=1S/C14H26N2O2/c1-6-12-14(18)16(8-13(17)15-12)7-11(9(2)3)10(4)5/h9-12H,6-8H2,1-5H3,(H,15,17). The van der Waals surface area contributed by atoms with Gasteiger partial charge in [0.2, 0.25) is 11.8 Å². The first kappa shape index (κ1) is 15.0. The maximum atomic E-state index is 12.2. The van der Waals surface area contributed by atoms with Gasteiger partial charge in [-0.1, -0.05) is 34.6 Å². The molecule has 0 aromatic rings. The van der Waals surface area contributed by atoms with Gasteiger partial charge in [-0.25, -0.2) is 0 Å². The zero-order chi connectivity index (χ0) is 13.9.